The number of hydrogen-bond acceptors (Lipinski definition) is 2. The minimum Gasteiger partial charge on any atom is -0.397 e. The van der Waals surface area contributed by atoms with E-state index in [-0.39, 0.29) is 0 Å². The van der Waals surface area contributed by atoms with E-state index in [1.54, 1.807) is 0 Å². The van der Waals surface area contributed by atoms with Gasteiger partial charge in [0.05, 0.1) is 11.4 Å². The molecule has 0 aliphatic heterocycles. The molecule has 106 valence electrons. The molecule has 0 amide bonds. The number of hydrogen-bond donors (Lipinski definition) is 1. The van der Waals surface area contributed by atoms with Gasteiger partial charge < -0.3 is 10.6 Å². The summed E-state index contributed by atoms with van der Waals surface area (Å²) < 4.78 is 0. The summed E-state index contributed by atoms with van der Waals surface area (Å²) in [5, 5.41) is 0. The molecule has 2 aromatic rings. The highest BCUT2D eigenvalue weighted by Crippen LogP contribution is 2.25. The summed E-state index contributed by atoms with van der Waals surface area (Å²) in [7, 11) is 0. The highest BCUT2D eigenvalue weighted by molar-refractivity contribution is 5.67. The van der Waals surface area contributed by atoms with E-state index in [0.717, 1.165) is 30.9 Å². The maximum atomic E-state index is 6.12. The number of nitrogens with zero attached hydrogens (tertiary/aromatic N) is 1. The zero-order chi connectivity index (χ0) is 14.5. The normalized spacial score (nSPS) is 10.6. The van der Waals surface area contributed by atoms with Crippen LogP contribution in [0.3, 0.4) is 0 Å². The smallest absolute Gasteiger partial charge is 0.0602 e. The van der Waals surface area contributed by atoms with Gasteiger partial charge in [-0.25, -0.2) is 0 Å². The summed E-state index contributed by atoms with van der Waals surface area (Å²) in [6, 6.07) is 14.8. The quantitative estimate of drug-likeness (QED) is 0.819. The Morgan fingerprint density at radius 1 is 1.00 bits per heavy atom. The molecule has 0 atom stereocenters. The SMILES string of the molecule is CCCN(Cc1ccc(C)c(C)c1)c1ccccc1N. The second-order valence-electron chi connectivity index (χ2n) is 5.40. The van der Waals surface area contributed by atoms with Crippen molar-refractivity contribution >= 4 is 11.4 Å². The van der Waals surface area contributed by atoms with Crippen molar-refractivity contribution in [1.82, 2.24) is 0 Å². The lowest BCUT2D eigenvalue weighted by molar-refractivity contribution is 0.768. The van der Waals surface area contributed by atoms with Crippen LogP contribution in [-0.2, 0) is 6.54 Å². The third-order valence-corrected chi connectivity index (χ3v) is 3.72. The van der Waals surface area contributed by atoms with Crippen molar-refractivity contribution < 1.29 is 0 Å². The first kappa shape index (κ1) is 14.4. The third-order valence-electron chi connectivity index (χ3n) is 3.72. The lowest BCUT2D eigenvalue weighted by Gasteiger charge is -2.26. The molecule has 0 aliphatic carbocycles. The summed E-state index contributed by atoms with van der Waals surface area (Å²) >= 11 is 0. The molecule has 0 bridgehead atoms. The molecule has 0 saturated heterocycles. The van der Waals surface area contributed by atoms with Crippen molar-refractivity contribution in [3.63, 3.8) is 0 Å². The fraction of sp³-hybridized carbons (Fsp3) is 0.333. The second-order valence-corrected chi connectivity index (χ2v) is 5.40. The van der Waals surface area contributed by atoms with Crippen molar-refractivity contribution in [1.29, 1.82) is 0 Å². The molecule has 0 saturated carbocycles. The highest BCUT2D eigenvalue weighted by Gasteiger charge is 2.09. The van der Waals surface area contributed by atoms with Crippen LogP contribution in [-0.4, -0.2) is 6.54 Å². The topological polar surface area (TPSA) is 29.3 Å². The summed E-state index contributed by atoms with van der Waals surface area (Å²) in [6.45, 7) is 8.44. The molecule has 0 spiro atoms. The van der Waals surface area contributed by atoms with Gasteiger partial charge in [-0.1, -0.05) is 37.3 Å². The second kappa shape index (κ2) is 6.47. The van der Waals surface area contributed by atoms with Gasteiger partial charge in [0.15, 0.2) is 0 Å². The molecule has 0 heterocycles. The minimum atomic E-state index is 0.852. The predicted molar refractivity (Wildman–Crippen MR) is 88.1 cm³/mol. The van der Waals surface area contributed by atoms with Gasteiger partial charge in [-0.05, 0) is 49.1 Å². The van der Waals surface area contributed by atoms with Crippen molar-refractivity contribution in [3.05, 3.63) is 59.2 Å². The predicted octanol–water partition coefficient (Wildman–Crippen LogP) is 4.30. The average molecular weight is 268 g/mol. The number of rotatable bonds is 5. The maximum Gasteiger partial charge on any atom is 0.0602 e. The van der Waals surface area contributed by atoms with Gasteiger partial charge in [-0.2, -0.15) is 0 Å². The van der Waals surface area contributed by atoms with Crippen LogP contribution in [0.1, 0.15) is 30.0 Å². The van der Waals surface area contributed by atoms with Crippen LogP contribution < -0.4 is 10.6 Å². The van der Waals surface area contributed by atoms with E-state index in [0.29, 0.717) is 0 Å². The number of benzene rings is 2. The molecule has 20 heavy (non-hydrogen) atoms. The Morgan fingerprint density at radius 2 is 1.75 bits per heavy atom. The van der Waals surface area contributed by atoms with E-state index in [2.05, 4.69) is 56.0 Å². The molecule has 2 aromatic carbocycles. The number of para-hydroxylation sites is 2. The van der Waals surface area contributed by atoms with Gasteiger partial charge in [-0.15, -0.1) is 0 Å². The number of nitrogens with two attached hydrogens (primary N) is 1. The average Bonchev–Trinajstić information content (AvgIpc) is 2.43. The molecule has 2 heteroatoms. The summed E-state index contributed by atoms with van der Waals surface area (Å²) in [5.41, 5.74) is 12.1. The molecule has 2 N–H and O–H groups in total. The van der Waals surface area contributed by atoms with Crippen molar-refractivity contribution in [2.45, 2.75) is 33.7 Å². The zero-order valence-electron chi connectivity index (χ0n) is 12.7. The molecule has 0 radical (unpaired) electrons. The summed E-state index contributed by atoms with van der Waals surface area (Å²) in [6.07, 6.45) is 1.11. The standard InChI is InChI=1S/C18H24N2/c1-4-11-20(18-8-6-5-7-17(18)19)13-16-10-9-14(2)15(3)12-16/h5-10,12H,4,11,13,19H2,1-3H3. The Kier molecular flexibility index (Phi) is 4.67. The fourth-order valence-corrected chi connectivity index (χ4v) is 2.45. The van der Waals surface area contributed by atoms with Crippen LogP contribution in [0.2, 0.25) is 0 Å². The van der Waals surface area contributed by atoms with Crippen LogP contribution >= 0.6 is 0 Å². The van der Waals surface area contributed by atoms with Crippen molar-refractivity contribution in [2.75, 3.05) is 17.2 Å². The Hall–Kier alpha value is -1.96. The van der Waals surface area contributed by atoms with E-state index in [1.165, 1.54) is 16.7 Å². The van der Waals surface area contributed by atoms with Crippen LogP contribution in [0.15, 0.2) is 42.5 Å². The molecule has 0 aliphatic rings. The van der Waals surface area contributed by atoms with Gasteiger partial charge in [0.2, 0.25) is 0 Å². The number of anilines is 2. The van der Waals surface area contributed by atoms with Crippen LogP contribution in [0.5, 0.6) is 0 Å². The maximum absolute atomic E-state index is 6.12. The fourth-order valence-electron chi connectivity index (χ4n) is 2.45. The van der Waals surface area contributed by atoms with Crippen LogP contribution in [0.25, 0.3) is 0 Å². The van der Waals surface area contributed by atoms with E-state index >= 15 is 0 Å². The van der Waals surface area contributed by atoms with Gasteiger partial charge in [0.25, 0.3) is 0 Å². The Morgan fingerprint density at radius 3 is 2.40 bits per heavy atom. The van der Waals surface area contributed by atoms with Crippen LogP contribution in [0.4, 0.5) is 11.4 Å². The molecule has 0 unspecified atom stereocenters. The summed E-state index contributed by atoms with van der Waals surface area (Å²) in [5.74, 6) is 0. The van der Waals surface area contributed by atoms with Gasteiger partial charge in [-0.3, -0.25) is 0 Å². The van der Waals surface area contributed by atoms with E-state index in [1.807, 2.05) is 12.1 Å². The van der Waals surface area contributed by atoms with E-state index in [4.69, 9.17) is 5.73 Å². The van der Waals surface area contributed by atoms with E-state index in [9.17, 15) is 0 Å². The zero-order valence-corrected chi connectivity index (χ0v) is 12.7. The molecule has 2 nitrogen and oxygen atoms in total. The molecule has 0 fully saturated rings. The lowest BCUT2D eigenvalue weighted by Crippen LogP contribution is -2.24. The molecular weight excluding hydrogens is 244 g/mol. The van der Waals surface area contributed by atoms with Crippen LogP contribution in [0, 0.1) is 13.8 Å². The van der Waals surface area contributed by atoms with Crippen molar-refractivity contribution in [3.8, 4) is 0 Å². The number of aryl methyl sites for hydroxylation is 2. The molecule has 2 rings (SSSR count). The van der Waals surface area contributed by atoms with Crippen molar-refractivity contribution in [2.24, 2.45) is 0 Å². The highest BCUT2D eigenvalue weighted by atomic mass is 15.1. The van der Waals surface area contributed by atoms with Gasteiger partial charge in [0.1, 0.15) is 0 Å². The van der Waals surface area contributed by atoms with E-state index < -0.39 is 0 Å². The van der Waals surface area contributed by atoms with Gasteiger partial charge in [0, 0.05) is 13.1 Å². The third kappa shape index (κ3) is 3.32. The first-order chi connectivity index (χ1) is 9.61. The largest absolute Gasteiger partial charge is 0.397 e. The Bertz CT molecular complexity index is 575. The first-order valence-electron chi connectivity index (χ1n) is 7.27. The summed E-state index contributed by atoms with van der Waals surface area (Å²) in [4.78, 5) is 2.36. The molecular formula is C18H24N2. The Balaban J connectivity index is 2.25. The first-order valence-corrected chi connectivity index (χ1v) is 7.27. The van der Waals surface area contributed by atoms with Gasteiger partial charge >= 0.3 is 0 Å². The number of nitrogen functional groups attached to an aromatic ring is 1. The monoisotopic (exact) mass is 268 g/mol. The Labute approximate surface area is 122 Å². The molecule has 0 aromatic heterocycles. The minimum absolute atomic E-state index is 0.852. The lowest BCUT2D eigenvalue weighted by atomic mass is 10.1.